The van der Waals surface area contributed by atoms with Crippen molar-refractivity contribution in [2.45, 2.75) is 19.1 Å². The van der Waals surface area contributed by atoms with Gasteiger partial charge in [0.25, 0.3) is 5.91 Å². The predicted molar refractivity (Wildman–Crippen MR) is 82.9 cm³/mol. The Morgan fingerprint density at radius 1 is 1.25 bits per heavy atom. The summed E-state index contributed by atoms with van der Waals surface area (Å²) in [7, 11) is 0. The Bertz CT molecular complexity index is 741. The zero-order valence-corrected chi connectivity index (χ0v) is 12.6. The molecule has 2 heterocycles. The molecule has 0 bridgehead atoms. The molecule has 1 aliphatic heterocycles. The molecule has 1 aromatic heterocycles. The average Bonchev–Trinajstić information content (AvgIpc) is 2.97. The zero-order valence-electron chi connectivity index (χ0n) is 12.6. The number of aromatic amines is 1. The summed E-state index contributed by atoms with van der Waals surface area (Å²) in [6, 6.07) is 6.24. The number of nitrogens with zero attached hydrogens (tertiary/aromatic N) is 1. The van der Waals surface area contributed by atoms with Crippen LogP contribution in [0.15, 0.2) is 24.3 Å². The molecule has 3 rings (SSSR count). The van der Waals surface area contributed by atoms with E-state index in [-0.39, 0.29) is 17.1 Å². The van der Waals surface area contributed by atoms with Crippen LogP contribution in [0.5, 0.6) is 0 Å². The number of carbonyl (C=O) groups is 1. The van der Waals surface area contributed by atoms with Gasteiger partial charge < -0.3 is 16.0 Å². The Hall–Kier alpha value is -2.55. The molecular formula is C15H16F3N5O. The minimum absolute atomic E-state index is 0.200. The topological polar surface area (TPSA) is 81.8 Å². The van der Waals surface area contributed by atoms with Crippen LogP contribution in [0.3, 0.4) is 0 Å². The molecule has 6 nitrogen and oxygen atoms in total. The fourth-order valence-corrected chi connectivity index (χ4v) is 2.54. The molecule has 2 aromatic rings. The van der Waals surface area contributed by atoms with Crippen LogP contribution in [0.25, 0.3) is 0 Å². The SMILES string of the molecule is O=C(Nc1ccccc1NCC(F)(F)F)c1n[nH]c2c1CNCC2. The van der Waals surface area contributed by atoms with Gasteiger partial charge in [0.2, 0.25) is 0 Å². The Labute approximate surface area is 135 Å². The number of amides is 1. The van der Waals surface area contributed by atoms with Crippen LogP contribution in [-0.2, 0) is 13.0 Å². The van der Waals surface area contributed by atoms with Gasteiger partial charge in [-0.3, -0.25) is 9.89 Å². The third-order valence-electron chi connectivity index (χ3n) is 3.68. The first kappa shape index (κ1) is 16.3. The standard InChI is InChI=1S/C15H16F3N5O/c16-15(17,18)8-20-11-3-1-2-4-12(11)21-14(24)13-9-7-19-6-5-10(9)22-23-13/h1-4,19-20H,5-8H2,(H,21,24)(H,22,23). The second kappa shape index (κ2) is 6.52. The highest BCUT2D eigenvalue weighted by atomic mass is 19.4. The smallest absolute Gasteiger partial charge is 0.375 e. The largest absolute Gasteiger partial charge is 0.405 e. The van der Waals surface area contributed by atoms with E-state index in [0.717, 1.165) is 24.2 Å². The van der Waals surface area contributed by atoms with E-state index in [0.29, 0.717) is 6.54 Å². The number of alkyl halides is 3. The van der Waals surface area contributed by atoms with Gasteiger partial charge in [-0.1, -0.05) is 12.1 Å². The highest BCUT2D eigenvalue weighted by Crippen LogP contribution is 2.25. The fraction of sp³-hybridized carbons (Fsp3) is 0.333. The molecule has 0 spiro atoms. The van der Waals surface area contributed by atoms with Gasteiger partial charge in [-0.25, -0.2) is 0 Å². The molecule has 9 heteroatoms. The maximum absolute atomic E-state index is 12.4. The molecule has 0 aliphatic carbocycles. The van der Waals surface area contributed by atoms with Crippen LogP contribution in [0.2, 0.25) is 0 Å². The average molecular weight is 339 g/mol. The van der Waals surface area contributed by atoms with Crippen LogP contribution in [0, 0.1) is 0 Å². The molecule has 0 fully saturated rings. The zero-order chi connectivity index (χ0) is 17.2. The number of benzene rings is 1. The molecule has 0 unspecified atom stereocenters. The van der Waals surface area contributed by atoms with Crippen molar-refractivity contribution in [3.05, 3.63) is 41.2 Å². The number of nitrogens with one attached hydrogen (secondary N) is 4. The van der Waals surface area contributed by atoms with E-state index in [2.05, 4.69) is 26.1 Å². The van der Waals surface area contributed by atoms with Crippen molar-refractivity contribution in [3.8, 4) is 0 Å². The second-order valence-corrected chi connectivity index (χ2v) is 5.42. The van der Waals surface area contributed by atoms with Gasteiger partial charge >= 0.3 is 6.18 Å². The Kier molecular flexibility index (Phi) is 4.43. The summed E-state index contributed by atoms with van der Waals surface area (Å²) in [5.74, 6) is -0.461. The maximum atomic E-state index is 12.4. The number of H-pyrrole nitrogens is 1. The number of hydrogen-bond donors (Lipinski definition) is 4. The molecule has 0 saturated heterocycles. The minimum atomic E-state index is -4.34. The van der Waals surface area contributed by atoms with Crippen molar-refractivity contribution in [1.82, 2.24) is 15.5 Å². The second-order valence-electron chi connectivity index (χ2n) is 5.42. The number of anilines is 2. The fourth-order valence-electron chi connectivity index (χ4n) is 2.54. The molecule has 1 amide bonds. The van der Waals surface area contributed by atoms with E-state index >= 15 is 0 Å². The van der Waals surface area contributed by atoms with Crippen LogP contribution in [0.1, 0.15) is 21.7 Å². The lowest BCUT2D eigenvalue weighted by atomic mass is 10.1. The summed E-state index contributed by atoms with van der Waals surface area (Å²) < 4.78 is 37.1. The van der Waals surface area contributed by atoms with Gasteiger partial charge in [0, 0.05) is 30.8 Å². The molecule has 0 saturated carbocycles. The first-order chi connectivity index (χ1) is 11.4. The van der Waals surface area contributed by atoms with E-state index in [9.17, 15) is 18.0 Å². The van der Waals surface area contributed by atoms with Crippen LogP contribution < -0.4 is 16.0 Å². The Morgan fingerprint density at radius 3 is 2.75 bits per heavy atom. The lowest BCUT2D eigenvalue weighted by Crippen LogP contribution is -2.25. The van der Waals surface area contributed by atoms with Crippen LogP contribution in [0.4, 0.5) is 24.5 Å². The van der Waals surface area contributed by atoms with Crippen molar-refractivity contribution in [3.63, 3.8) is 0 Å². The molecule has 0 radical (unpaired) electrons. The van der Waals surface area contributed by atoms with Gasteiger partial charge in [-0.2, -0.15) is 18.3 Å². The quantitative estimate of drug-likeness (QED) is 0.689. The summed E-state index contributed by atoms with van der Waals surface area (Å²) in [6.07, 6.45) is -3.59. The highest BCUT2D eigenvalue weighted by molar-refractivity contribution is 6.05. The molecule has 4 N–H and O–H groups in total. The van der Waals surface area contributed by atoms with Crippen LogP contribution in [-0.4, -0.2) is 35.4 Å². The van der Waals surface area contributed by atoms with Crippen molar-refractivity contribution < 1.29 is 18.0 Å². The number of carbonyl (C=O) groups excluding carboxylic acids is 1. The Balaban J connectivity index is 1.76. The normalized spacial score (nSPS) is 14.1. The number of para-hydroxylation sites is 2. The van der Waals surface area contributed by atoms with E-state index in [1.807, 2.05) is 0 Å². The minimum Gasteiger partial charge on any atom is -0.375 e. The van der Waals surface area contributed by atoms with Crippen molar-refractivity contribution in [2.24, 2.45) is 0 Å². The van der Waals surface area contributed by atoms with Gasteiger partial charge in [0.05, 0.1) is 11.4 Å². The number of hydrogen-bond acceptors (Lipinski definition) is 4. The summed E-state index contributed by atoms with van der Waals surface area (Å²) in [5, 5.41) is 14.9. The van der Waals surface area contributed by atoms with Crippen molar-refractivity contribution in [2.75, 3.05) is 23.7 Å². The maximum Gasteiger partial charge on any atom is 0.405 e. The molecule has 128 valence electrons. The number of aromatic nitrogens is 2. The van der Waals surface area contributed by atoms with E-state index in [4.69, 9.17) is 0 Å². The lowest BCUT2D eigenvalue weighted by Gasteiger charge is -2.15. The van der Waals surface area contributed by atoms with Gasteiger partial charge in [-0.05, 0) is 12.1 Å². The predicted octanol–water partition coefficient (Wildman–Crippen LogP) is 2.28. The number of fused-ring (bicyclic) bond motifs is 1. The summed E-state index contributed by atoms with van der Waals surface area (Å²) in [6.45, 7) is 0.157. The van der Waals surface area contributed by atoms with E-state index < -0.39 is 18.6 Å². The molecule has 0 atom stereocenters. The van der Waals surface area contributed by atoms with Gasteiger partial charge in [-0.15, -0.1) is 0 Å². The van der Waals surface area contributed by atoms with Gasteiger partial charge in [0.15, 0.2) is 5.69 Å². The molecular weight excluding hydrogens is 323 g/mol. The van der Waals surface area contributed by atoms with Crippen molar-refractivity contribution >= 4 is 17.3 Å². The molecule has 1 aliphatic rings. The Morgan fingerprint density at radius 2 is 2.00 bits per heavy atom. The lowest BCUT2D eigenvalue weighted by molar-refractivity contribution is -0.115. The molecule has 24 heavy (non-hydrogen) atoms. The number of rotatable bonds is 4. The summed E-state index contributed by atoms with van der Waals surface area (Å²) >= 11 is 0. The van der Waals surface area contributed by atoms with Crippen LogP contribution >= 0.6 is 0 Å². The summed E-state index contributed by atoms with van der Waals surface area (Å²) in [4.78, 5) is 12.4. The van der Waals surface area contributed by atoms with E-state index in [1.165, 1.54) is 12.1 Å². The third-order valence-corrected chi connectivity index (χ3v) is 3.68. The first-order valence-corrected chi connectivity index (χ1v) is 7.42. The first-order valence-electron chi connectivity index (χ1n) is 7.42. The number of halogens is 3. The third kappa shape index (κ3) is 3.67. The highest BCUT2D eigenvalue weighted by Gasteiger charge is 2.27. The van der Waals surface area contributed by atoms with E-state index in [1.54, 1.807) is 12.1 Å². The van der Waals surface area contributed by atoms with Crippen molar-refractivity contribution in [1.29, 1.82) is 0 Å². The summed E-state index contributed by atoms with van der Waals surface area (Å²) in [5.41, 5.74) is 2.42. The van der Waals surface area contributed by atoms with Gasteiger partial charge in [0.1, 0.15) is 6.54 Å². The monoisotopic (exact) mass is 339 g/mol. The molecule has 1 aromatic carbocycles.